The maximum Gasteiger partial charge on any atom is 0.212 e. The topological polar surface area (TPSA) is 63.3 Å². The monoisotopic (exact) mass is 388 g/mol. The number of thioether (sulfide) groups is 1. The lowest BCUT2D eigenvalue weighted by Crippen LogP contribution is -1.93. The zero-order chi connectivity index (χ0) is 16.1. The molecule has 0 fully saturated rings. The summed E-state index contributed by atoms with van der Waals surface area (Å²) in [6.45, 7) is 0. The highest BCUT2D eigenvalue weighted by atomic mass is 79.9. The standard InChI is InChI=1S/C16H13BrN4OS/c17-14-6-7-15(22)13(8-14)9-19-21-11-18-20-16(21)23-10-12-4-2-1-3-5-12/h1-9,11,22H,10H2/b19-9+. The molecular weight excluding hydrogens is 376 g/mol. The van der Waals surface area contributed by atoms with Crippen molar-refractivity contribution < 1.29 is 5.11 Å². The molecule has 23 heavy (non-hydrogen) atoms. The zero-order valence-electron chi connectivity index (χ0n) is 12.0. The summed E-state index contributed by atoms with van der Waals surface area (Å²) in [5.74, 6) is 0.959. The van der Waals surface area contributed by atoms with Crippen LogP contribution in [-0.2, 0) is 5.75 Å². The molecule has 1 heterocycles. The lowest BCUT2D eigenvalue weighted by molar-refractivity contribution is 0.474. The van der Waals surface area contributed by atoms with Crippen LogP contribution in [0.25, 0.3) is 0 Å². The molecule has 5 nitrogen and oxygen atoms in total. The Morgan fingerprint density at radius 1 is 1.22 bits per heavy atom. The summed E-state index contributed by atoms with van der Waals surface area (Å²) in [5.41, 5.74) is 1.83. The summed E-state index contributed by atoms with van der Waals surface area (Å²) in [7, 11) is 0. The molecule has 0 spiro atoms. The Bertz CT molecular complexity index is 820. The predicted octanol–water partition coefficient (Wildman–Crippen LogP) is 3.92. The molecule has 3 rings (SSSR count). The summed E-state index contributed by atoms with van der Waals surface area (Å²) in [4.78, 5) is 0. The molecule has 0 atom stereocenters. The molecule has 0 radical (unpaired) electrons. The smallest absolute Gasteiger partial charge is 0.212 e. The summed E-state index contributed by atoms with van der Waals surface area (Å²) in [6.07, 6.45) is 3.12. The van der Waals surface area contributed by atoms with Crippen LogP contribution in [0.4, 0.5) is 0 Å². The van der Waals surface area contributed by atoms with Gasteiger partial charge in [-0.25, -0.2) is 0 Å². The fourth-order valence-electron chi connectivity index (χ4n) is 1.87. The fourth-order valence-corrected chi connectivity index (χ4v) is 3.07. The highest BCUT2D eigenvalue weighted by Gasteiger charge is 2.05. The van der Waals surface area contributed by atoms with Crippen molar-refractivity contribution in [3.05, 3.63) is 70.5 Å². The van der Waals surface area contributed by atoms with Crippen LogP contribution >= 0.6 is 27.7 Å². The first kappa shape index (κ1) is 15.8. The van der Waals surface area contributed by atoms with Crippen molar-refractivity contribution in [2.75, 3.05) is 0 Å². The van der Waals surface area contributed by atoms with E-state index in [1.165, 1.54) is 5.56 Å². The average molecular weight is 389 g/mol. The number of halogens is 1. The summed E-state index contributed by atoms with van der Waals surface area (Å²) >= 11 is 4.93. The van der Waals surface area contributed by atoms with Gasteiger partial charge in [-0.2, -0.15) is 9.78 Å². The predicted molar refractivity (Wildman–Crippen MR) is 94.8 cm³/mol. The Morgan fingerprint density at radius 2 is 2.04 bits per heavy atom. The molecule has 116 valence electrons. The van der Waals surface area contributed by atoms with E-state index in [9.17, 15) is 5.11 Å². The van der Waals surface area contributed by atoms with Crippen molar-refractivity contribution in [3.63, 3.8) is 0 Å². The number of phenolic OH excluding ortho intramolecular Hbond substituents is 1. The van der Waals surface area contributed by atoms with E-state index in [-0.39, 0.29) is 5.75 Å². The molecule has 0 saturated heterocycles. The number of rotatable bonds is 5. The number of phenols is 1. The minimum absolute atomic E-state index is 0.170. The Labute approximate surface area is 146 Å². The maximum atomic E-state index is 9.83. The van der Waals surface area contributed by atoms with Crippen LogP contribution < -0.4 is 0 Å². The van der Waals surface area contributed by atoms with Crippen molar-refractivity contribution in [1.29, 1.82) is 0 Å². The number of hydrogen-bond acceptors (Lipinski definition) is 5. The van der Waals surface area contributed by atoms with E-state index in [4.69, 9.17) is 0 Å². The molecule has 0 aliphatic rings. The van der Waals surface area contributed by atoms with Crippen LogP contribution in [0.3, 0.4) is 0 Å². The second-order valence-electron chi connectivity index (χ2n) is 4.68. The van der Waals surface area contributed by atoms with Gasteiger partial charge in [0.05, 0.1) is 6.21 Å². The first-order valence-corrected chi connectivity index (χ1v) is 8.60. The van der Waals surface area contributed by atoms with Gasteiger partial charge in [0, 0.05) is 15.8 Å². The van der Waals surface area contributed by atoms with Gasteiger partial charge in [0.2, 0.25) is 5.16 Å². The molecule has 7 heteroatoms. The van der Waals surface area contributed by atoms with Crippen LogP contribution in [0.1, 0.15) is 11.1 Å². The van der Waals surface area contributed by atoms with Gasteiger partial charge in [0.25, 0.3) is 0 Å². The molecule has 0 amide bonds. The minimum atomic E-state index is 0.170. The first-order chi connectivity index (χ1) is 11.2. The zero-order valence-corrected chi connectivity index (χ0v) is 14.4. The molecule has 3 aromatic rings. The van der Waals surface area contributed by atoms with E-state index >= 15 is 0 Å². The maximum absolute atomic E-state index is 9.83. The Morgan fingerprint density at radius 3 is 2.87 bits per heavy atom. The summed E-state index contributed by atoms with van der Waals surface area (Å²) in [5, 5.41) is 22.8. The number of aromatic nitrogens is 3. The third-order valence-electron chi connectivity index (χ3n) is 3.02. The van der Waals surface area contributed by atoms with Crippen molar-refractivity contribution in [3.8, 4) is 5.75 Å². The van der Waals surface area contributed by atoms with Crippen molar-refractivity contribution in [1.82, 2.24) is 14.9 Å². The summed E-state index contributed by atoms with van der Waals surface area (Å²) in [6, 6.07) is 15.3. The van der Waals surface area contributed by atoms with E-state index < -0.39 is 0 Å². The van der Waals surface area contributed by atoms with Gasteiger partial charge in [-0.3, -0.25) is 0 Å². The van der Waals surface area contributed by atoms with Gasteiger partial charge in [-0.1, -0.05) is 58.0 Å². The SMILES string of the molecule is Oc1ccc(Br)cc1/C=N/n1cnnc1SCc1ccccc1. The number of nitrogens with zero attached hydrogens (tertiary/aromatic N) is 4. The highest BCUT2D eigenvalue weighted by Crippen LogP contribution is 2.22. The van der Waals surface area contributed by atoms with Crippen LogP contribution in [0.15, 0.2) is 69.6 Å². The second kappa shape index (κ2) is 7.43. The molecule has 1 N–H and O–H groups in total. The summed E-state index contributed by atoms with van der Waals surface area (Å²) < 4.78 is 2.47. The van der Waals surface area contributed by atoms with E-state index in [2.05, 4.69) is 43.4 Å². The average Bonchev–Trinajstić information content (AvgIpc) is 3.02. The van der Waals surface area contributed by atoms with Gasteiger partial charge < -0.3 is 5.11 Å². The minimum Gasteiger partial charge on any atom is -0.507 e. The van der Waals surface area contributed by atoms with Crippen molar-refractivity contribution in [2.24, 2.45) is 5.10 Å². The molecule has 1 aromatic heterocycles. The van der Waals surface area contributed by atoms with Crippen molar-refractivity contribution >= 4 is 33.9 Å². The third kappa shape index (κ3) is 4.20. The van der Waals surface area contributed by atoms with Crippen LogP contribution in [0.5, 0.6) is 5.75 Å². The second-order valence-corrected chi connectivity index (χ2v) is 6.54. The number of hydrogen-bond donors (Lipinski definition) is 1. The van der Waals surface area contributed by atoms with Crippen LogP contribution in [0.2, 0.25) is 0 Å². The van der Waals surface area contributed by atoms with E-state index in [1.807, 2.05) is 18.2 Å². The van der Waals surface area contributed by atoms with E-state index in [1.54, 1.807) is 47.2 Å². The van der Waals surface area contributed by atoms with Gasteiger partial charge in [0.1, 0.15) is 12.1 Å². The molecule has 0 saturated carbocycles. The quantitative estimate of drug-likeness (QED) is 0.531. The Hall–Kier alpha value is -2.12. The number of aromatic hydroxyl groups is 1. The fraction of sp³-hybridized carbons (Fsp3) is 0.0625. The molecule has 2 aromatic carbocycles. The van der Waals surface area contributed by atoms with Crippen LogP contribution in [0, 0.1) is 0 Å². The normalized spacial score (nSPS) is 11.2. The molecular formula is C16H13BrN4OS. The molecule has 0 aliphatic heterocycles. The Kier molecular flexibility index (Phi) is 5.09. The molecule has 0 aliphatic carbocycles. The Balaban J connectivity index is 1.73. The van der Waals surface area contributed by atoms with Gasteiger partial charge in [-0.15, -0.1) is 10.2 Å². The van der Waals surface area contributed by atoms with Crippen LogP contribution in [-0.4, -0.2) is 26.2 Å². The lowest BCUT2D eigenvalue weighted by Gasteiger charge is -2.02. The largest absolute Gasteiger partial charge is 0.507 e. The van der Waals surface area contributed by atoms with Gasteiger partial charge in [0.15, 0.2) is 0 Å². The van der Waals surface area contributed by atoms with E-state index in [0.29, 0.717) is 10.7 Å². The number of benzene rings is 2. The van der Waals surface area contributed by atoms with E-state index in [0.717, 1.165) is 10.2 Å². The first-order valence-electron chi connectivity index (χ1n) is 6.82. The molecule has 0 bridgehead atoms. The molecule has 0 unspecified atom stereocenters. The lowest BCUT2D eigenvalue weighted by atomic mass is 10.2. The van der Waals surface area contributed by atoms with Gasteiger partial charge >= 0.3 is 0 Å². The highest BCUT2D eigenvalue weighted by molar-refractivity contribution is 9.10. The van der Waals surface area contributed by atoms with Gasteiger partial charge in [-0.05, 0) is 23.8 Å². The van der Waals surface area contributed by atoms with Crippen molar-refractivity contribution in [2.45, 2.75) is 10.9 Å². The third-order valence-corrected chi connectivity index (χ3v) is 4.52.